The van der Waals surface area contributed by atoms with Crippen molar-refractivity contribution >= 4 is 51.1 Å². The zero-order chi connectivity index (χ0) is 18.8. The van der Waals surface area contributed by atoms with Crippen molar-refractivity contribution in [1.82, 2.24) is 0 Å². The van der Waals surface area contributed by atoms with E-state index in [2.05, 4.69) is 31.9 Å². The molecule has 0 aromatic heterocycles. The number of benzene rings is 2. The van der Waals surface area contributed by atoms with E-state index in [1.54, 1.807) is 31.2 Å². The molecule has 0 aliphatic carbocycles. The Bertz CT molecular complexity index is 799. The standard InChI is InChI=1S/C16H16Br2ClO5P/c1-9(19)12-8-11(2-3-15(12)20)24-16-13(17)6-10(7-14(16)18)4-5-25(21,22)23/h2-3,6-9,20H,4-5H2,1H3,(H2,21,22,23). The quantitative estimate of drug-likeness (QED) is 0.339. The second-order valence-corrected chi connectivity index (χ2v) is 9.61. The van der Waals surface area contributed by atoms with E-state index in [0.29, 0.717) is 26.0 Å². The van der Waals surface area contributed by atoms with Crippen LogP contribution in [0.15, 0.2) is 39.3 Å². The smallest absolute Gasteiger partial charge is 0.325 e. The lowest BCUT2D eigenvalue weighted by Crippen LogP contribution is -1.96. The highest BCUT2D eigenvalue weighted by molar-refractivity contribution is 9.11. The van der Waals surface area contributed by atoms with Gasteiger partial charge in [-0.2, -0.15) is 0 Å². The molecule has 0 radical (unpaired) electrons. The molecule has 0 saturated heterocycles. The van der Waals surface area contributed by atoms with Gasteiger partial charge in [0.1, 0.15) is 11.5 Å². The van der Waals surface area contributed by atoms with Crippen LogP contribution in [-0.2, 0) is 11.0 Å². The molecule has 0 saturated carbocycles. The molecule has 25 heavy (non-hydrogen) atoms. The van der Waals surface area contributed by atoms with Crippen molar-refractivity contribution in [3.63, 3.8) is 0 Å². The minimum atomic E-state index is -4.05. The maximum Gasteiger partial charge on any atom is 0.325 e. The monoisotopic (exact) mass is 512 g/mol. The van der Waals surface area contributed by atoms with Gasteiger partial charge in [-0.05, 0) is 81.1 Å². The Hall–Kier alpha value is -0.560. The van der Waals surface area contributed by atoms with Crippen molar-refractivity contribution in [3.8, 4) is 17.2 Å². The van der Waals surface area contributed by atoms with Crippen LogP contribution in [-0.4, -0.2) is 21.1 Å². The largest absolute Gasteiger partial charge is 0.508 e. The summed E-state index contributed by atoms with van der Waals surface area (Å²) in [5, 5.41) is 9.45. The summed E-state index contributed by atoms with van der Waals surface area (Å²) in [5.74, 6) is 1.12. The lowest BCUT2D eigenvalue weighted by atomic mass is 10.1. The Morgan fingerprint density at radius 3 is 2.32 bits per heavy atom. The Balaban J connectivity index is 2.26. The summed E-state index contributed by atoms with van der Waals surface area (Å²) in [7, 11) is -4.05. The van der Waals surface area contributed by atoms with Gasteiger partial charge in [-0.3, -0.25) is 4.57 Å². The van der Waals surface area contributed by atoms with Crippen molar-refractivity contribution in [2.45, 2.75) is 18.7 Å². The SMILES string of the molecule is CC(Cl)c1cc(Oc2c(Br)cc(CCP(=O)(O)O)cc2Br)ccc1O. The van der Waals surface area contributed by atoms with Crippen LogP contribution in [0.1, 0.15) is 23.4 Å². The van der Waals surface area contributed by atoms with Gasteiger partial charge in [0.25, 0.3) is 0 Å². The fourth-order valence-electron chi connectivity index (χ4n) is 2.16. The minimum Gasteiger partial charge on any atom is -0.508 e. The molecule has 136 valence electrons. The third kappa shape index (κ3) is 5.98. The molecule has 1 unspecified atom stereocenters. The number of halogens is 3. The van der Waals surface area contributed by atoms with Crippen LogP contribution in [0.5, 0.6) is 17.2 Å². The molecule has 0 aliphatic rings. The lowest BCUT2D eigenvalue weighted by Gasteiger charge is -2.14. The molecular weight excluding hydrogens is 498 g/mol. The van der Waals surface area contributed by atoms with Gasteiger partial charge < -0.3 is 19.6 Å². The van der Waals surface area contributed by atoms with E-state index in [1.165, 1.54) is 6.07 Å². The van der Waals surface area contributed by atoms with Gasteiger partial charge in [0, 0.05) is 5.56 Å². The number of aromatic hydroxyl groups is 1. The number of aryl methyl sites for hydroxylation is 1. The molecular formula is C16H16Br2ClO5P. The van der Waals surface area contributed by atoms with Crippen molar-refractivity contribution in [1.29, 1.82) is 0 Å². The summed E-state index contributed by atoms with van der Waals surface area (Å²) in [6.07, 6.45) is 0.0237. The fourth-order valence-corrected chi connectivity index (χ4v) is 4.33. The molecule has 2 rings (SSSR count). The Morgan fingerprint density at radius 2 is 1.80 bits per heavy atom. The highest BCUT2D eigenvalue weighted by atomic mass is 79.9. The summed E-state index contributed by atoms with van der Waals surface area (Å²) in [6.45, 7) is 1.75. The normalized spacial score (nSPS) is 12.9. The number of hydrogen-bond acceptors (Lipinski definition) is 3. The molecule has 2 aromatic carbocycles. The van der Waals surface area contributed by atoms with Crippen LogP contribution in [0.2, 0.25) is 0 Å². The number of phenols is 1. The first-order valence-electron chi connectivity index (χ1n) is 7.24. The third-order valence-electron chi connectivity index (χ3n) is 3.40. The molecule has 5 nitrogen and oxygen atoms in total. The maximum atomic E-state index is 11.0. The minimum absolute atomic E-state index is 0.0979. The van der Waals surface area contributed by atoms with Gasteiger partial charge in [-0.1, -0.05) is 0 Å². The molecule has 0 spiro atoms. The van der Waals surface area contributed by atoms with Crippen LogP contribution < -0.4 is 4.74 Å². The van der Waals surface area contributed by atoms with E-state index in [4.69, 9.17) is 26.1 Å². The molecule has 9 heteroatoms. The summed E-state index contributed by atoms with van der Waals surface area (Å²) >= 11 is 12.9. The van der Waals surface area contributed by atoms with E-state index in [-0.39, 0.29) is 23.7 Å². The molecule has 3 N–H and O–H groups in total. The van der Waals surface area contributed by atoms with E-state index < -0.39 is 7.60 Å². The number of phenolic OH excluding ortho intramolecular Hbond substituents is 1. The second-order valence-electron chi connectivity index (χ2n) is 5.47. The zero-order valence-corrected chi connectivity index (χ0v) is 17.9. The van der Waals surface area contributed by atoms with E-state index in [0.717, 1.165) is 5.56 Å². The first-order chi connectivity index (χ1) is 11.6. The van der Waals surface area contributed by atoms with Crippen LogP contribution >= 0.6 is 51.1 Å². The predicted molar refractivity (Wildman–Crippen MR) is 105 cm³/mol. The first kappa shape index (κ1) is 20.7. The second kappa shape index (κ2) is 8.42. The fraction of sp³-hybridized carbons (Fsp3) is 0.250. The molecule has 0 fully saturated rings. The van der Waals surface area contributed by atoms with Crippen LogP contribution in [0.3, 0.4) is 0 Å². The average Bonchev–Trinajstić information content (AvgIpc) is 2.49. The van der Waals surface area contributed by atoms with Crippen molar-refractivity contribution in [3.05, 3.63) is 50.4 Å². The number of ether oxygens (including phenoxy) is 1. The van der Waals surface area contributed by atoms with Gasteiger partial charge in [0.15, 0.2) is 5.75 Å². The van der Waals surface area contributed by atoms with Crippen molar-refractivity contribution < 1.29 is 24.2 Å². The topological polar surface area (TPSA) is 87.0 Å². The number of hydrogen-bond donors (Lipinski definition) is 3. The predicted octanol–water partition coefficient (Wildman–Crippen LogP) is 5.73. The summed E-state index contributed by atoms with van der Waals surface area (Å²) in [5.41, 5.74) is 1.32. The Labute approximate surface area is 167 Å². The molecule has 0 heterocycles. The number of rotatable bonds is 6. The zero-order valence-electron chi connectivity index (χ0n) is 13.1. The van der Waals surface area contributed by atoms with Gasteiger partial charge in [0.05, 0.1) is 20.5 Å². The van der Waals surface area contributed by atoms with E-state index >= 15 is 0 Å². The highest BCUT2D eigenvalue weighted by Crippen LogP contribution is 2.41. The Morgan fingerprint density at radius 1 is 1.20 bits per heavy atom. The van der Waals surface area contributed by atoms with Crippen molar-refractivity contribution in [2.75, 3.05) is 6.16 Å². The van der Waals surface area contributed by atoms with Crippen molar-refractivity contribution in [2.24, 2.45) is 0 Å². The van der Waals surface area contributed by atoms with E-state index in [1.807, 2.05) is 0 Å². The van der Waals surface area contributed by atoms with Gasteiger partial charge >= 0.3 is 7.60 Å². The summed E-state index contributed by atoms with van der Waals surface area (Å²) in [4.78, 5) is 18.0. The van der Waals surface area contributed by atoms with Crippen LogP contribution in [0.25, 0.3) is 0 Å². The molecule has 1 atom stereocenters. The van der Waals surface area contributed by atoms with Crippen LogP contribution in [0, 0.1) is 0 Å². The molecule has 0 amide bonds. The van der Waals surface area contributed by atoms with Gasteiger partial charge in [-0.25, -0.2) is 0 Å². The van der Waals surface area contributed by atoms with Gasteiger partial charge in [-0.15, -0.1) is 11.6 Å². The van der Waals surface area contributed by atoms with E-state index in [9.17, 15) is 9.67 Å². The Kier molecular flexibility index (Phi) is 6.99. The lowest BCUT2D eigenvalue weighted by molar-refractivity contribution is 0.373. The summed E-state index contributed by atoms with van der Waals surface area (Å²) in [6, 6.07) is 8.30. The highest BCUT2D eigenvalue weighted by Gasteiger charge is 2.16. The molecule has 2 aromatic rings. The average molecular weight is 515 g/mol. The molecule has 0 bridgehead atoms. The maximum absolute atomic E-state index is 11.0. The van der Waals surface area contributed by atoms with Crippen LogP contribution in [0.4, 0.5) is 0 Å². The number of alkyl halides is 1. The molecule has 0 aliphatic heterocycles. The van der Waals surface area contributed by atoms with Gasteiger partial charge in [0.2, 0.25) is 0 Å². The first-order valence-corrected chi connectivity index (χ1v) is 11.1. The third-order valence-corrected chi connectivity index (χ3v) is 5.62. The summed E-state index contributed by atoms with van der Waals surface area (Å²) < 4.78 is 18.2.